The van der Waals surface area contributed by atoms with Gasteiger partial charge >= 0.3 is 10.1 Å². The van der Waals surface area contributed by atoms with Gasteiger partial charge in [-0.3, -0.25) is 0 Å². The van der Waals surface area contributed by atoms with Crippen LogP contribution in [0.3, 0.4) is 0 Å². The molecule has 0 saturated heterocycles. The zero-order valence-electron chi connectivity index (χ0n) is 2.41. The maximum absolute atomic E-state index is 8.06. The molecule has 15 valence electrons. The topological polar surface area (TPSA) is 17.1 Å². The number of hydrogen-bond donors (Lipinski definition) is 0. The van der Waals surface area contributed by atoms with Gasteiger partial charge in [-0.15, -0.1) is 0 Å². The van der Waals surface area contributed by atoms with E-state index in [1.807, 2.05) is 0 Å². The molecule has 0 aromatic carbocycles. The summed E-state index contributed by atoms with van der Waals surface area (Å²) in [7, 11) is 1.72. The van der Waals surface area contributed by atoms with Gasteiger partial charge < -0.3 is 4.46 Å². The van der Waals surface area contributed by atoms with E-state index < -0.39 is 0 Å². The van der Waals surface area contributed by atoms with Crippen LogP contribution >= 0.6 is 0 Å². The monoisotopic (exact) mass is 98.9 g/mol. The maximum atomic E-state index is 8.06. The van der Waals surface area contributed by atoms with Gasteiger partial charge in [0.2, 0.25) is 0 Å². The molecule has 0 bridgehead atoms. The van der Waals surface area contributed by atoms with Crippen molar-refractivity contribution in [3.05, 3.63) is 0 Å². The third-order valence-electron chi connectivity index (χ3n) is 0. The van der Waals surface area contributed by atoms with E-state index in [-0.39, 0.29) is 40.6 Å². The van der Waals surface area contributed by atoms with E-state index in [0.717, 1.165) is 0 Å². The minimum Gasteiger partial charge on any atom is -0.381 e. The van der Waals surface area contributed by atoms with Gasteiger partial charge in [-0.25, -0.2) is 0 Å². The largest absolute Gasteiger partial charge is 0.381 e. The molecule has 0 aromatic rings. The van der Waals surface area contributed by atoms with Crippen LogP contribution in [-0.2, 0) is 26.2 Å². The molecule has 0 aliphatic carbocycles. The van der Waals surface area contributed by atoms with Gasteiger partial charge in [0.15, 0.2) is 0 Å². The van der Waals surface area contributed by atoms with Crippen molar-refractivity contribution in [3.8, 4) is 0 Å². The summed E-state index contributed by atoms with van der Waals surface area (Å²) < 4.78 is 8.06. The van der Waals surface area contributed by atoms with Crippen LogP contribution in [0.2, 0.25) is 0 Å². The molecular formula is LiOSiTi. The van der Waals surface area contributed by atoms with Crippen molar-refractivity contribution in [1.29, 1.82) is 0 Å². The third kappa shape index (κ3) is 10.2. The fourth-order valence-electron chi connectivity index (χ4n) is 0. The summed E-state index contributed by atoms with van der Waals surface area (Å²) in [6.45, 7) is 0. The fourth-order valence-corrected chi connectivity index (χ4v) is 0. The number of hydrogen-bond acceptors (Lipinski definition) is 1. The van der Waals surface area contributed by atoms with Crippen molar-refractivity contribution in [2.45, 2.75) is 0 Å². The first-order chi connectivity index (χ1) is 1.00. The molecule has 0 amide bonds. The van der Waals surface area contributed by atoms with Crippen molar-refractivity contribution in [2.75, 3.05) is 0 Å². The van der Waals surface area contributed by atoms with Gasteiger partial charge in [0.05, 0.1) is 0 Å². The Morgan fingerprint density at radius 1 is 1.25 bits per heavy atom. The molecule has 3 radical (unpaired) electrons. The Morgan fingerprint density at radius 2 is 1.25 bits per heavy atom. The summed E-state index contributed by atoms with van der Waals surface area (Å²) >= 11 is 0. The van der Waals surface area contributed by atoms with E-state index in [4.69, 9.17) is 4.46 Å². The first-order valence-corrected chi connectivity index (χ1v) is 0.612. The van der Waals surface area contributed by atoms with Gasteiger partial charge in [0, 0.05) is 40.6 Å². The van der Waals surface area contributed by atoms with Gasteiger partial charge in [0.25, 0.3) is 0 Å². The molecule has 0 aliphatic heterocycles. The Bertz CT molecular complexity index is 8.00. The molecule has 0 spiro atoms. The second-order valence-corrected chi connectivity index (χ2v) is 0. The summed E-state index contributed by atoms with van der Waals surface area (Å²) in [6, 6.07) is 0. The second-order valence-electron chi connectivity index (χ2n) is 0. The van der Waals surface area contributed by atoms with Crippen LogP contribution in [0.5, 0.6) is 0 Å². The second kappa shape index (κ2) is 27.2. The molecule has 0 saturated carbocycles. The molecule has 0 fully saturated rings. The SMILES string of the molecule is O=[Si].[Li].[Ti]. The molecule has 4 heteroatoms. The van der Waals surface area contributed by atoms with Crippen molar-refractivity contribution >= 4 is 29.0 Å². The van der Waals surface area contributed by atoms with Gasteiger partial charge in [-0.05, 0) is 0 Å². The summed E-state index contributed by atoms with van der Waals surface area (Å²) in [5, 5.41) is 0. The van der Waals surface area contributed by atoms with Crippen LogP contribution in [0.1, 0.15) is 0 Å². The Kier molecular flexibility index (Phi) is 125. The molecule has 0 heterocycles. The Morgan fingerprint density at radius 3 is 1.25 bits per heavy atom. The van der Waals surface area contributed by atoms with E-state index in [1.165, 1.54) is 0 Å². The fraction of sp³-hybridized carbons (Fsp3) is 0. The molecule has 0 rings (SSSR count). The summed E-state index contributed by atoms with van der Waals surface area (Å²) in [5.41, 5.74) is 0. The molecule has 0 unspecified atom stereocenters. The smallest absolute Gasteiger partial charge is 0.381 e. The van der Waals surface area contributed by atoms with Crippen LogP contribution in [0.25, 0.3) is 0 Å². The predicted molar refractivity (Wildman–Crippen MR) is 12.2 cm³/mol. The maximum Gasteiger partial charge on any atom is 0.381 e. The number of rotatable bonds is 0. The van der Waals surface area contributed by atoms with Gasteiger partial charge in [0.1, 0.15) is 0 Å². The zero-order chi connectivity index (χ0) is 2.00. The Balaban J connectivity index is -0.00000000500. The minimum atomic E-state index is 0. The van der Waals surface area contributed by atoms with Crippen molar-refractivity contribution in [3.63, 3.8) is 0 Å². The van der Waals surface area contributed by atoms with E-state index in [9.17, 15) is 0 Å². The molecule has 0 aromatic heterocycles. The van der Waals surface area contributed by atoms with Crippen LogP contribution in [0.4, 0.5) is 0 Å². The first-order valence-electron chi connectivity index (χ1n) is 0.204. The standard InChI is InChI=1S/Li.OSi.Ti/c;1-2;. The zero-order valence-corrected chi connectivity index (χ0v) is 4.97. The van der Waals surface area contributed by atoms with E-state index in [1.54, 1.807) is 10.1 Å². The average Bonchev–Trinajstić information content (AvgIpc) is 1.00. The van der Waals surface area contributed by atoms with E-state index in [2.05, 4.69) is 0 Å². The van der Waals surface area contributed by atoms with Crippen LogP contribution in [0, 0.1) is 0 Å². The van der Waals surface area contributed by atoms with Crippen LogP contribution in [-0.4, -0.2) is 29.0 Å². The Hall–Kier alpha value is 1.33. The normalized spacial score (nSPS) is 1.00. The average molecular weight is 98.9 g/mol. The summed E-state index contributed by atoms with van der Waals surface area (Å²) in [5.74, 6) is 0. The molecule has 0 N–H and O–H groups in total. The molecule has 0 aliphatic rings. The van der Waals surface area contributed by atoms with Gasteiger partial charge in [-0.1, -0.05) is 0 Å². The van der Waals surface area contributed by atoms with E-state index in [0.29, 0.717) is 0 Å². The van der Waals surface area contributed by atoms with Crippen molar-refractivity contribution in [1.82, 2.24) is 0 Å². The van der Waals surface area contributed by atoms with Gasteiger partial charge in [-0.2, -0.15) is 0 Å². The van der Waals surface area contributed by atoms with Crippen molar-refractivity contribution < 1.29 is 26.2 Å². The summed E-state index contributed by atoms with van der Waals surface area (Å²) in [4.78, 5) is 0. The van der Waals surface area contributed by atoms with Crippen molar-refractivity contribution in [2.24, 2.45) is 0 Å². The van der Waals surface area contributed by atoms with Crippen LogP contribution in [0.15, 0.2) is 0 Å². The third-order valence-corrected chi connectivity index (χ3v) is 0. The van der Waals surface area contributed by atoms with Crippen LogP contribution < -0.4 is 0 Å². The molecule has 1 nitrogen and oxygen atoms in total. The van der Waals surface area contributed by atoms with E-state index >= 15 is 0 Å². The molecular weight excluding hydrogens is 98.9 g/mol. The Labute approximate surface area is 55.1 Å². The predicted octanol–water partition coefficient (Wildman–Crippen LogP) is -0.883. The first kappa shape index (κ1) is 18.4. The molecule has 4 heavy (non-hydrogen) atoms. The minimum absolute atomic E-state index is 0. The summed E-state index contributed by atoms with van der Waals surface area (Å²) in [6.07, 6.45) is 0. The quantitative estimate of drug-likeness (QED) is 0.360. The molecule has 0 atom stereocenters.